The maximum Gasteiger partial charge on any atom is 0.0767 e. The summed E-state index contributed by atoms with van der Waals surface area (Å²) in [7, 11) is 4.25. The predicted octanol–water partition coefficient (Wildman–Crippen LogP) is 2.18. The van der Waals surface area contributed by atoms with Crippen LogP contribution in [0.15, 0.2) is 4.47 Å². The number of aryl methyl sites for hydroxylation is 2. The number of nitrogens with zero attached hydrogens (tertiary/aromatic N) is 3. The highest BCUT2D eigenvalue weighted by molar-refractivity contribution is 9.10. The van der Waals surface area contributed by atoms with Crippen LogP contribution in [-0.4, -0.2) is 41.4 Å². The zero-order chi connectivity index (χ0) is 13.8. The first-order valence-electron chi connectivity index (χ1n) is 7.21. The van der Waals surface area contributed by atoms with Gasteiger partial charge in [0.25, 0.3) is 0 Å². The van der Waals surface area contributed by atoms with Crippen molar-refractivity contribution in [3.8, 4) is 0 Å². The smallest absolute Gasteiger partial charge is 0.0767 e. The van der Waals surface area contributed by atoms with E-state index in [4.69, 9.17) is 0 Å². The van der Waals surface area contributed by atoms with Crippen LogP contribution in [0.1, 0.15) is 31.2 Å². The number of halogens is 1. The van der Waals surface area contributed by atoms with Crippen LogP contribution in [0.3, 0.4) is 0 Å². The molecule has 19 heavy (non-hydrogen) atoms. The number of aromatic nitrogens is 2. The van der Waals surface area contributed by atoms with Crippen molar-refractivity contribution < 1.29 is 0 Å². The van der Waals surface area contributed by atoms with Gasteiger partial charge >= 0.3 is 0 Å². The number of hydrogen-bond donors (Lipinski definition) is 1. The van der Waals surface area contributed by atoms with Crippen molar-refractivity contribution in [3.05, 3.63) is 15.9 Å². The third kappa shape index (κ3) is 3.80. The largest absolute Gasteiger partial charge is 0.317 e. The van der Waals surface area contributed by atoms with Gasteiger partial charge in [-0.15, -0.1) is 0 Å². The number of piperidine rings is 1. The van der Waals surface area contributed by atoms with E-state index in [1.807, 2.05) is 11.7 Å². The van der Waals surface area contributed by atoms with E-state index in [2.05, 4.69) is 45.2 Å². The SMILES string of the molecule is CCc1nn(C)c(CN(C)CC2CCNCC2)c1Br. The van der Waals surface area contributed by atoms with Crippen LogP contribution in [0.5, 0.6) is 0 Å². The molecule has 0 bridgehead atoms. The molecule has 2 rings (SSSR count). The molecule has 0 spiro atoms. The van der Waals surface area contributed by atoms with E-state index in [0.29, 0.717) is 0 Å². The van der Waals surface area contributed by atoms with E-state index in [1.165, 1.54) is 42.6 Å². The molecule has 0 unspecified atom stereocenters. The Morgan fingerprint density at radius 2 is 2.11 bits per heavy atom. The van der Waals surface area contributed by atoms with Crippen molar-refractivity contribution in [2.24, 2.45) is 13.0 Å². The fourth-order valence-corrected chi connectivity index (χ4v) is 3.56. The first-order valence-corrected chi connectivity index (χ1v) is 8.00. The van der Waals surface area contributed by atoms with Gasteiger partial charge in [0.2, 0.25) is 0 Å². The van der Waals surface area contributed by atoms with Gasteiger partial charge in [0.05, 0.1) is 15.9 Å². The highest BCUT2D eigenvalue weighted by Crippen LogP contribution is 2.23. The van der Waals surface area contributed by atoms with Crippen molar-refractivity contribution in [3.63, 3.8) is 0 Å². The van der Waals surface area contributed by atoms with Crippen LogP contribution < -0.4 is 5.32 Å². The van der Waals surface area contributed by atoms with Crippen LogP contribution in [-0.2, 0) is 20.0 Å². The van der Waals surface area contributed by atoms with Crippen molar-refractivity contribution in [1.29, 1.82) is 0 Å². The second-order valence-corrected chi connectivity index (χ2v) is 6.37. The molecular formula is C14H25BrN4. The average Bonchev–Trinajstić information content (AvgIpc) is 2.67. The van der Waals surface area contributed by atoms with Crippen LogP contribution in [0.25, 0.3) is 0 Å². The van der Waals surface area contributed by atoms with Gasteiger partial charge in [0.1, 0.15) is 0 Å². The Labute approximate surface area is 124 Å². The predicted molar refractivity (Wildman–Crippen MR) is 82.2 cm³/mol. The summed E-state index contributed by atoms with van der Waals surface area (Å²) < 4.78 is 3.21. The minimum atomic E-state index is 0.837. The monoisotopic (exact) mass is 328 g/mol. The first-order chi connectivity index (χ1) is 9.11. The maximum atomic E-state index is 4.56. The molecule has 1 N–H and O–H groups in total. The number of rotatable bonds is 5. The third-order valence-electron chi connectivity index (χ3n) is 3.95. The summed E-state index contributed by atoms with van der Waals surface area (Å²) in [5.41, 5.74) is 2.45. The number of hydrogen-bond acceptors (Lipinski definition) is 3. The van der Waals surface area contributed by atoms with Gasteiger partial charge in [-0.3, -0.25) is 4.68 Å². The minimum Gasteiger partial charge on any atom is -0.317 e. The molecule has 0 atom stereocenters. The molecule has 1 saturated heterocycles. The normalized spacial score (nSPS) is 17.3. The lowest BCUT2D eigenvalue weighted by molar-refractivity contribution is 0.230. The zero-order valence-corrected chi connectivity index (χ0v) is 13.8. The van der Waals surface area contributed by atoms with E-state index in [0.717, 1.165) is 24.6 Å². The standard InChI is InChI=1S/C14H25BrN4/c1-4-12-14(15)13(19(3)17-12)10-18(2)9-11-5-7-16-8-6-11/h11,16H,4-10H2,1-3H3. The molecule has 0 amide bonds. The second-order valence-electron chi connectivity index (χ2n) is 5.57. The van der Waals surface area contributed by atoms with Gasteiger partial charge in [0, 0.05) is 20.1 Å². The second kappa shape index (κ2) is 6.86. The fourth-order valence-electron chi connectivity index (χ4n) is 2.82. The van der Waals surface area contributed by atoms with Gasteiger partial charge in [0.15, 0.2) is 0 Å². The Kier molecular flexibility index (Phi) is 5.42. The highest BCUT2D eigenvalue weighted by Gasteiger charge is 2.18. The van der Waals surface area contributed by atoms with Crippen molar-refractivity contribution in [1.82, 2.24) is 20.0 Å². The summed E-state index contributed by atoms with van der Waals surface area (Å²) in [5, 5.41) is 7.99. The van der Waals surface area contributed by atoms with Gasteiger partial charge < -0.3 is 10.2 Å². The van der Waals surface area contributed by atoms with E-state index >= 15 is 0 Å². The molecule has 0 saturated carbocycles. The molecule has 1 aliphatic heterocycles. The van der Waals surface area contributed by atoms with E-state index < -0.39 is 0 Å². The summed E-state index contributed by atoms with van der Waals surface area (Å²) in [6.07, 6.45) is 3.58. The third-order valence-corrected chi connectivity index (χ3v) is 4.87. The first kappa shape index (κ1) is 15.0. The van der Waals surface area contributed by atoms with Gasteiger partial charge in [-0.2, -0.15) is 5.10 Å². The van der Waals surface area contributed by atoms with E-state index in [1.54, 1.807) is 0 Å². The molecule has 0 aliphatic carbocycles. The van der Waals surface area contributed by atoms with E-state index in [-0.39, 0.29) is 0 Å². The molecule has 2 heterocycles. The Morgan fingerprint density at radius 3 is 2.68 bits per heavy atom. The van der Waals surface area contributed by atoms with Gasteiger partial charge in [-0.05, 0) is 61.2 Å². The molecule has 1 aliphatic rings. The fraction of sp³-hybridized carbons (Fsp3) is 0.786. The van der Waals surface area contributed by atoms with Crippen LogP contribution in [0, 0.1) is 5.92 Å². The Balaban J connectivity index is 1.94. The van der Waals surface area contributed by atoms with Crippen molar-refractivity contribution >= 4 is 15.9 Å². The molecule has 0 radical (unpaired) electrons. The quantitative estimate of drug-likeness (QED) is 0.899. The molecule has 5 heteroatoms. The lowest BCUT2D eigenvalue weighted by atomic mass is 9.98. The Morgan fingerprint density at radius 1 is 1.42 bits per heavy atom. The van der Waals surface area contributed by atoms with Crippen molar-refractivity contribution in [2.75, 3.05) is 26.7 Å². The summed E-state index contributed by atoms with van der Waals surface area (Å²) in [5.74, 6) is 0.837. The summed E-state index contributed by atoms with van der Waals surface area (Å²) in [6.45, 7) is 6.65. The Hall–Kier alpha value is -0.390. The lowest BCUT2D eigenvalue weighted by Crippen LogP contribution is -2.34. The molecule has 0 aromatic carbocycles. The topological polar surface area (TPSA) is 33.1 Å². The molecule has 1 fully saturated rings. The van der Waals surface area contributed by atoms with Gasteiger partial charge in [-0.25, -0.2) is 0 Å². The van der Waals surface area contributed by atoms with Crippen LogP contribution in [0.2, 0.25) is 0 Å². The van der Waals surface area contributed by atoms with Crippen LogP contribution >= 0.6 is 15.9 Å². The number of nitrogens with one attached hydrogen (secondary N) is 1. The molecular weight excluding hydrogens is 304 g/mol. The Bertz CT molecular complexity index is 410. The summed E-state index contributed by atoms with van der Waals surface area (Å²) >= 11 is 3.70. The van der Waals surface area contributed by atoms with E-state index in [9.17, 15) is 0 Å². The molecule has 108 valence electrons. The molecule has 4 nitrogen and oxygen atoms in total. The van der Waals surface area contributed by atoms with Crippen molar-refractivity contribution in [2.45, 2.75) is 32.7 Å². The summed E-state index contributed by atoms with van der Waals surface area (Å²) in [4.78, 5) is 2.43. The van der Waals surface area contributed by atoms with Gasteiger partial charge in [-0.1, -0.05) is 6.92 Å². The average molecular weight is 329 g/mol. The zero-order valence-electron chi connectivity index (χ0n) is 12.2. The maximum absolute atomic E-state index is 4.56. The highest BCUT2D eigenvalue weighted by atomic mass is 79.9. The molecule has 1 aromatic rings. The lowest BCUT2D eigenvalue weighted by Gasteiger charge is -2.27. The summed E-state index contributed by atoms with van der Waals surface area (Å²) in [6, 6.07) is 0. The van der Waals surface area contributed by atoms with Crippen LogP contribution in [0.4, 0.5) is 0 Å². The minimum absolute atomic E-state index is 0.837. The molecule has 1 aromatic heterocycles.